The summed E-state index contributed by atoms with van der Waals surface area (Å²) in [5.74, 6) is 0.769. The number of halogens is 2. The average molecular weight is 356 g/mol. The molecule has 0 radical (unpaired) electrons. The second kappa shape index (κ2) is 6.61. The highest BCUT2D eigenvalue weighted by molar-refractivity contribution is 9.10. The van der Waals surface area contributed by atoms with Crippen molar-refractivity contribution >= 4 is 27.5 Å². The molecule has 0 amide bonds. The lowest BCUT2D eigenvalue weighted by Crippen LogP contribution is -2.03. The van der Waals surface area contributed by atoms with Gasteiger partial charge < -0.3 is 9.84 Å². The Labute approximate surface area is 132 Å². The lowest BCUT2D eigenvalue weighted by Gasteiger charge is -2.15. The minimum absolute atomic E-state index is 0.473. The van der Waals surface area contributed by atoms with Crippen molar-refractivity contribution in [3.63, 3.8) is 0 Å². The van der Waals surface area contributed by atoms with Crippen LogP contribution in [0.1, 0.15) is 22.8 Å². The normalized spacial score (nSPS) is 12.2. The molecule has 1 unspecified atom stereocenters. The Balaban J connectivity index is 2.25. The highest BCUT2D eigenvalue weighted by Crippen LogP contribution is 2.30. The lowest BCUT2D eigenvalue weighted by atomic mass is 10.0. The van der Waals surface area contributed by atoms with Gasteiger partial charge in [-0.1, -0.05) is 39.7 Å². The van der Waals surface area contributed by atoms with Gasteiger partial charge in [0.1, 0.15) is 5.75 Å². The number of rotatable bonds is 4. The highest BCUT2D eigenvalue weighted by Gasteiger charge is 2.14. The molecule has 2 rings (SSSR count). The smallest absolute Gasteiger partial charge is 0.119 e. The molecule has 0 bridgehead atoms. The minimum Gasteiger partial charge on any atom is -0.497 e. The second-order valence-electron chi connectivity index (χ2n) is 4.70. The molecule has 4 heteroatoms. The molecule has 0 aliphatic rings. The van der Waals surface area contributed by atoms with E-state index in [9.17, 15) is 5.11 Å². The molecule has 20 heavy (non-hydrogen) atoms. The standard InChI is InChI=1S/C16H16BrClO2/c1-10-3-5-13(15(18)7-10)16(19)9-11-8-12(20-2)4-6-14(11)17/h3-8,16,19H,9H2,1-2H3. The lowest BCUT2D eigenvalue weighted by molar-refractivity contribution is 0.178. The van der Waals surface area contributed by atoms with Gasteiger partial charge in [0.05, 0.1) is 13.2 Å². The number of benzene rings is 2. The van der Waals surface area contributed by atoms with Crippen LogP contribution in [0.2, 0.25) is 5.02 Å². The fourth-order valence-corrected chi connectivity index (χ4v) is 2.82. The minimum atomic E-state index is -0.647. The Hall–Kier alpha value is -1.03. The first-order valence-corrected chi connectivity index (χ1v) is 7.45. The van der Waals surface area contributed by atoms with Crippen molar-refractivity contribution in [2.75, 3.05) is 7.11 Å². The van der Waals surface area contributed by atoms with Gasteiger partial charge in [-0.25, -0.2) is 0 Å². The first-order chi connectivity index (χ1) is 9.51. The number of hydrogen-bond acceptors (Lipinski definition) is 2. The Morgan fingerprint density at radius 2 is 2.00 bits per heavy atom. The third kappa shape index (κ3) is 3.54. The summed E-state index contributed by atoms with van der Waals surface area (Å²) in [6.07, 6.45) is -0.174. The van der Waals surface area contributed by atoms with E-state index >= 15 is 0 Å². The predicted molar refractivity (Wildman–Crippen MR) is 85.5 cm³/mol. The van der Waals surface area contributed by atoms with Gasteiger partial charge in [0, 0.05) is 15.9 Å². The number of ether oxygens (including phenoxy) is 1. The van der Waals surface area contributed by atoms with Gasteiger partial charge in [-0.2, -0.15) is 0 Å². The monoisotopic (exact) mass is 354 g/mol. The number of methoxy groups -OCH3 is 1. The van der Waals surface area contributed by atoms with E-state index in [1.165, 1.54) is 0 Å². The van der Waals surface area contributed by atoms with Crippen LogP contribution in [0.3, 0.4) is 0 Å². The van der Waals surface area contributed by atoms with Gasteiger partial charge in [0.2, 0.25) is 0 Å². The van der Waals surface area contributed by atoms with Gasteiger partial charge in [-0.15, -0.1) is 0 Å². The van der Waals surface area contributed by atoms with Crippen LogP contribution in [0.5, 0.6) is 5.75 Å². The molecule has 1 N–H and O–H groups in total. The predicted octanol–water partition coefficient (Wildman–Crippen LogP) is 4.70. The molecule has 0 spiro atoms. The first-order valence-electron chi connectivity index (χ1n) is 6.28. The Morgan fingerprint density at radius 1 is 1.25 bits per heavy atom. The Bertz CT molecular complexity index is 613. The van der Waals surface area contributed by atoms with E-state index in [4.69, 9.17) is 16.3 Å². The van der Waals surface area contributed by atoms with Crippen molar-refractivity contribution in [1.29, 1.82) is 0 Å². The molecule has 0 fully saturated rings. The Kier molecular flexibility index (Phi) is 5.08. The van der Waals surface area contributed by atoms with Crippen LogP contribution in [-0.4, -0.2) is 12.2 Å². The maximum absolute atomic E-state index is 10.4. The van der Waals surface area contributed by atoms with E-state index in [2.05, 4.69) is 15.9 Å². The average Bonchev–Trinajstić information content (AvgIpc) is 2.41. The zero-order chi connectivity index (χ0) is 14.7. The Morgan fingerprint density at radius 3 is 2.65 bits per heavy atom. The molecule has 106 valence electrons. The van der Waals surface area contributed by atoms with Gasteiger partial charge in [0.25, 0.3) is 0 Å². The largest absolute Gasteiger partial charge is 0.497 e. The molecule has 0 saturated carbocycles. The van der Waals surface area contributed by atoms with Crippen LogP contribution in [-0.2, 0) is 6.42 Å². The van der Waals surface area contributed by atoms with Crippen molar-refractivity contribution in [3.8, 4) is 5.75 Å². The van der Waals surface area contributed by atoms with E-state index in [1.807, 2.05) is 43.3 Å². The molecule has 2 nitrogen and oxygen atoms in total. The highest BCUT2D eigenvalue weighted by atomic mass is 79.9. The van der Waals surface area contributed by atoms with Gasteiger partial charge in [-0.3, -0.25) is 0 Å². The molecular formula is C16H16BrClO2. The number of aliphatic hydroxyl groups is 1. The SMILES string of the molecule is COc1ccc(Br)c(CC(O)c2ccc(C)cc2Cl)c1. The van der Waals surface area contributed by atoms with E-state index in [0.29, 0.717) is 11.4 Å². The van der Waals surface area contributed by atoms with Crippen LogP contribution in [0.25, 0.3) is 0 Å². The van der Waals surface area contributed by atoms with Crippen LogP contribution >= 0.6 is 27.5 Å². The first kappa shape index (κ1) is 15.4. The summed E-state index contributed by atoms with van der Waals surface area (Å²) in [5.41, 5.74) is 2.80. The van der Waals surface area contributed by atoms with Crippen LogP contribution in [0, 0.1) is 6.92 Å². The van der Waals surface area contributed by atoms with Crippen molar-refractivity contribution in [2.24, 2.45) is 0 Å². The van der Waals surface area contributed by atoms with Crippen molar-refractivity contribution in [3.05, 3.63) is 62.6 Å². The number of aryl methyl sites for hydroxylation is 1. The molecular weight excluding hydrogens is 340 g/mol. The zero-order valence-corrected chi connectivity index (χ0v) is 13.7. The maximum atomic E-state index is 10.4. The third-order valence-electron chi connectivity index (χ3n) is 3.18. The summed E-state index contributed by atoms with van der Waals surface area (Å²) >= 11 is 9.68. The quantitative estimate of drug-likeness (QED) is 0.861. The van der Waals surface area contributed by atoms with E-state index in [0.717, 1.165) is 26.9 Å². The summed E-state index contributed by atoms with van der Waals surface area (Å²) in [5, 5.41) is 11.0. The maximum Gasteiger partial charge on any atom is 0.119 e. The van der Waals surface area contributed by atoms with E-state index in [1.54, 1.807) is 7.11 Å². The molecule has 1 atom stereocenters. The summed E-state index contributed by atoms with van der Waals surface area (Å²) in [7, 11) is 1.63. The number of hydrogen-bond donors (Lipinski definition) is 1. The second-order valence-corrected chi connectivity index (χ2v) is 5.96. The molecule has 0 aliphatic carbocycles. The fourth-order valence-electron chi connectivity index (χ4n) is 2.06. The van der Waals surface area contributed by atoms with Crippen molar-refractivity contribution in [2.45, 2.75) is 19.4 Å². The van der Waals surface area contributed by atoms with Crippen LogP contribution < -0.4 is 4.74 Å². The summed E-state index contributed by atoms with van der Waals surface area (Å²) in [6, 6.07) is 11.4. The van der Waals surface area contributed by atoms with E-state index in [-0.39, 0.29) is 0 Å². The summed E-state index contributed by atoms with van der Waals surface area (Å²) in [4.78, 5) is 0. The van der Waals surface area contributed by atoms with Gasteiger partial charge >= 0.3 is 0 Å². The van der Waals surface area contributed by atoms with E-state index < -0.39 is 6.10 Å². The molecule has 0 heterocycles. The molecule has 0 aromatic heterocycles. The molecule has 0 aliphatic heterocycles. The van der Waals surface area contributed by atoms with Crippen molar-refractivity contribution in [1.82, 2.24) is 0 Å². The molecule has 2 aromatic rings. The summed E-state index contributed by atoms with van der Waals surface area (Å²) < 4.78 is 6.15. The van der Waals surface area contributed by atoms with Crippen LogP contribution in [0.4, 0.5) is 0 Å². The van der Waals surface area contributed by atoms with Crippen LogP contribution in [0.15, 0.2) is 40.9 Å². The van der Waals surface area contributed by atoms with Gasteiger partial charge in [0.15, 0.2) is 0 Å². The zero-order valence-electron chi connectivity index (χ0n) is 11.4. The van der Waals surface area contributed by atoms with Crippen molar-refractivity contribution < 1.29 is 9.84 Å². The molecule has 0 saturated heterocycles. The number of aliphatic hydroxyl groups excluding tert-OH is 1. The summed E-state index contributed by atoms with van der Waals surface area (Å²) in [6.45, 7) is 1.97. The third-order valence-corrected chi connectivity index (χ3v) is 4.28. The molecule has 2 aromatic carbocycles. The fraction of sp³-hybridized carbons (Fsp3) is 0.250. The van der Waals surface area contributed by atoms with Gasteiger partial charge in [-0.05, 0) is 47.9 Å². The topological polar surface area (TPSA) is 29.5 Å².